The van der Waals surface area contributed by atoms with Gasteiger partial charge in [-0.2, -0.15) is 5.10 Å². The molecular weight excluding hydrogens is 339 g/mol. The maximum absolute atomic E-state index is 13.6. The first-order valence-electron chi connectivity index (χ1n) is 6.53. The average Bonchev–Trinajstić information content (AvgIpc) is 2.78. The summed E-state index contributed by atoms with van der Waals surface area (Å²) in [6, 6.07) is 2.86. The lowest BCUT2D eigenvalue weighted by Gasteiger charge is -2.08. The zero-order valence-electron chi connectivity index (χ0n) is 11.8. The summed E-state index contributed by atoms with van der Waals surface area (Å²) in [5.74, 6) is -0.909. The SMILES string of the molecule is CCCc1[nH]nc(C(=O)Nc2cc(F)c(Br)cc2C)c1N. The third-order valence-corrected chi connectivity index (χ3v) is 3.72. The zero-order valence-corrected chi connectivity index (χ0v) is 13.3. The number of nitrogens with one attached hydrogen (secondary N) is 2. The molecule has 21 heavy (non-hydrogen) atoms. The summed E-state index contributed by atoms with van der Waals surface area (Å²) in [7, 11) is 0. The van der Waals surface area contributed by atoms with Crippen molar-refractivity contribution >= 4 is 33.2 Å². The number of hydrogen-bond donors (Lipinski definition) is 3. The minimum atomic E-state index is -0.462. The van der Waals surface area contributed by atoms with E-state index in [9.17, 15) is 9.18 Å². The van der Waals surface area contributed by atoms with Crippen LogP contribution in [0.25, 0.3) is 0 Å². The predicted octanol–water partition coefficient (Wildman–Crippen LogP) is 3.41. The quantitative estimate of drug-likeness (QED) is 0.786. The van der Waals surface area contributed by atoms with Crippen LogP contribution >= 0.6 is 15.9 Å². The van der Waals surface area contributed by atoms with Crippen LogP contribution in [0.3, 0.4) is 0 Å². The van der Waals surface area contributed by atoms with Crippen LogP contribution in [-0.2, 0) is 6.42 Å². The van der Waals surface area contributed by atoms with Gasteiger partial charge in [-0.05, 0) is 47.0 Å². The van der Waals surface area contributed by atoms with Gasteiger partial charge in [-0.25, -0.2) is 4.39 Å². The lowest BCUT2D eigenvalue weighted by molar-refractivity contribution is 0.102. The second-order valence-electron chi connectivity index (χ2n) is 4.75. The monoisotopic (exact) mass is 354 g/mol. The summed E-state index contributed by atoms with van der Waals surface area (Å²) in [5.41, 5.74) is 8.23. The number of amides is 1. The van der Waals surface area contributed by atoms with Crippen LogP contribution in [0.5, 0.6) is 0 Å². The van der Waals surface area contributed by atoms with Crippen molar-refractivity contribution in [2.45, 2.75) is 26.7 Å². The molecule has 1 aromatic heterocycles. The average molecular weight is 355 g/mol. The first-order valence-corrected chi connectivity index (χ1v) is 7.33. The number of H-pyrrole nitrogens is 1. The van der Waals surface area contributed by atoms with Crippen molar-refractivity contribution in [3.05, 3.63) is 39.4 Å². The van der Waals surface area contributed by atoms with E-state index in [0.717, 1.165) is 24.1 Å². The maximum Gasteiger partial charge on any atom is 0.278 e. The summed E-state index contributed by atoms with van der Waals surface area (Å²) in [6.45, 7) is 3.78. The number of nitrogen functional groups attached to an aromatic ring is 1. The van der Waals surface area contributed by atoms with E-state index in [1.807, 2.05) is 6.92 Å². The molecule has 2 aromatic rings. The topological polar surface area (TPSA) is 83.8 Å². The Labute approximate surface area is 130 Å². The van der Waals surface area contributed by atoms with Gasteiger partial charge < -0.3 is 11.1 Å². The van der Waals surface area contributed by atoms with E-state index in [4.69, 9.17) is 5.73 Å². The Kier molecular flexibility index (Phi) is 4.62. The number of aryl methyl sites for hydroxylation is 2. The van der Waals surface area contributed by atoms with Gasteiger partial charge in [-0.1, -0.05) is 13.3 Å². The van der Waals surface area contributed by atoms with Gasteiger partial charge in [0.05, 0.1) is 15.9 Å². The number of halogens is 2. The van der Waals surface area contributed by atoms with Gasteiger partial charge in [0, 0.05) is 5.69 Å². The molecule has 0 aliphatic heterocycles. The highest BCUT2D eigenvalue weighted by atomic mass is 79.9. The number of nitrogens with two attached hydrogens (primary N) is 1. The molecule has 1 amide bonds. The number of nitrogens with zero attached hydrogens (tertiary/aromatic N) is 1. The Morgan fingerprint density at radius 3 is 2.90 bits per heavy atom. The van der Waals surface area contributed by atoms with Crippen LogP contribution in [0, 0.1) is 12.7 Å². The largest absolute Gasteiger partial charge is 0.395 e. The van der Waals surface area contributed by atoms with E-state index >= 15 is 0 Å². The summed E-state index contributed by atoms with van der Waals surface area (Å²) >= 11 is 3.10. The fourth-order valence-electron chi connectivity index (χ4n) is 1.96. The molecule has 0 aliphatic carbocycles. The first-order chi connectivity index (χ1) is 9.93. The Morgan fingerprint density at radius 1 is 1.52 bits per heavy atom. The Hall–Kier alpha value is -1.89. The molecule has 0 fully saturated rings. The van der Waals surface area contributed by atoms with Crippen LogP contribution in [-0.4, -0.2) is 16.1 Å². The Morgan fingerprint density at radius 2 is 2.24 bits per heavy atom. The van der Waals surface area contributed by atoms with Crippen LogP contribution < -0.4 is 11.1 Å². The van der Waals surface area contributed by atoms with Gasteiger partial charge in [0.2, 0.25) is 0 Å². The second-order valence-corrected chi connectivity index (χ2v) is 5.60. The van der Waals surface area contributed by atoms with Gasteiger partial charge in [0.25, 0.3) is 5.91 Å². The summed E-state index contributed by atoms with van der Waals surface area (Å²) < 4.78 is 13.9. The molecule has 7 heteroatoms. The molecule has 1 heterocycles. The van der Waals surface area contributed by atoms with Gasteiger partial charge in [0.1, 0.15) is 5.82 Å². The molecular formula is C14H16BrFN4O. The number of aromatic nitrogens is 2. The first kappa shape index (κ1) is 15.5. The van der Waals surface area contributed by atoms with E-state index in [0.29, 0.717) is 15.8 Å². The highest BCUT2D eigenvalue weighted by Gasteiger charge is 2.18. The fourth-order valence-corrected chi connectivity index (χ4v) is 2.42. The third-order valence-electron chi connectivity index (χ3n) is 3.11. The molecule has 0 saturated heterocycles. The van der Waals surface area contributed by atoms with Gasteiger partial charge >= 0.3 is 0 Å². The second kappa shape index (κ2) is 6.26. The standard InChI is InChI=1S/C14H16BrFN4O/c1-3-4-10-12(17)13(20-19-10)14(21)18-11-6-9(16)8(15)5-7(11)2/h5-6H,3-4,17H2,1-2H3,(H,18,21)(H,19,20). The van der Waals surface area contributed by atoms with Crippen molar-refractivity contribution in [1.29, 1.82) is 0 Å². The van der Waals surface area contributed by atoms with Gasteiger partial charge in [0.15, 0.2) is 5.69 Å². The lowest BCUT2D eigenvalue weighted by Crippen LogP contribution is -2.15. The fraction of sp³-hybridized carbons (Fsp3) is 0.286. The molecule has 0 saturated carbocycles. The van der Waals surface area contributed by atoms with E-state index < -0.39 is 11.7 Å². The van der Waals surface area contributed by atoms with Crippen molar-refractivity contribution < 1.29 is 9.18 Å². The molecule has 0 unspecified atom stereocenters. The number of anilines is 2. The van der Waals surface area contributed by atoms with Gasteiger partial charge in [-0.3, -0.25) is 9.89 Å². The van der Waals surface area contributed by atoms with Crippen molar-refractivity contribution in [2.75, 3.05) is 11.1 Å². The third kappa shape index (κ3) is 3.24. The van der Waals surface area contributed by atoms with E-state index in [1.54, 1.807) is 13.0 Å². The highest BCUT2D eigenvalue weighted by Crippen LogP contribution is 2.25. The lowest BCUT2D eigenvalue weighted by atomic mass is 10.1. The molecule has 0 atom stereocenters. The molecule has 4 N–H and O–H groups in total. The Balaban J connectivity index is 2.24. The number of aromatic amines is 1. The van der Waals surface area contributed by atoms with E-state index in [-0.39, 0.29) is 5.69 Å². The van der Waals surface area contributed by atoms with Crippen LogP contribution in [0.4, 0.5) is 15.8 Å². The number of rotatable bonds is 4. The molecule has 2 rings (SSSR count). The van der Waals surface area contributed by atoms with Crippen molar-refractivity contribution in [1.82, 2.24) is 10.2 Å². The van der Waals surface area contributed by atoms with Crippen molar-refractivity contribution in [3.8, 4) is 0 Å². The van der Waals surface area contributed by atoms with Crippen LogP contribution in [0.2, 0.25) is 0 Å². The van der Waals surface area contributed by atoms with E-state index in [1.165, 1.54) is 6.07 Å². The smallest absolute Gasteiger partial charge is 0.278 e. The highest BCUT2D eigenvalue weighted by molar-refractivity contribution is 9.10. The minimum absolute atomic E-state index is 0.126. The molecule has 0 spiro atoms. The molecule has 112 valence electrons. The van der Waals surface area contributed by atoms with Crippen molar-refractivity contribution in [2.24, 2.45) is 0 Å². The van der Waals surface area contributed by atoms with Crippen LogP contribution in [0.1, 0.15) is 35.1 Å². The number of carbonyl (C=O) groups is 1. The molecule has 0 bridgehead atoms. The number of hydrogen-bond acceptors (Lipinski definition) is 3. The van der Waals surface area contributed by atoms with Crippen LogP contribution in [0.15, 0.2) is 16.6 Å². The summed E-state index contributed by atoms with van der Waals surface area (Å²) in [6.07, 6.45) is 1.61. The van der Waals surface area contributed by atoms with Gasteiger partial charge in [-0.15, -0.1) is 0 Å². The Bertz CT molecular complexity index is 684. The maximum atomic E-state index is 13.6. The molecule has 0 aliphatic rings. The zero-order chi connectivity index (χ0) is 15.6. The molecule has 5 nitrogen and oxygen atoms in total. The number of carbonyl (C=O) groups excluding carboxylic acids is 1. The predicted molar refractivity (Wildman–Crippen MR) is 83.8 cm³/mol. The minimum Gasteiger partial charge on any atom is -0.395 e. The molecule has 1 aromatic carbocycles. The van der Waals surface area contributed by atoms with Crippen molar-refractivity contribution in [3.63, 3.8) is 0 Å². The normalized spacial score (nSPS) is 10.7. The van der Waals surface area contributed by atoms with E-state index in [2.05, 4.69) is 31.4 Å². The number of benzene rings is 1. The summed E-state index contributed by atoms with van der Waals surface area (Å²) in [5, 5.41) is 9.32. The molecule has 0 radical (unpaired) electrons. The summed E-state index contributed by atoms with van der Waals surface area (Å²) in [4.78, 5) is 12.2.